The van der Waals surface area contributed by atoms with Crippen LogP contribution in [0.15, 0.2) is 18.2 Å². The molecule has 1 aromatic carbocycles. The van der Waals surface area contributed by atoms with Gasteiger partial charge in [-0.15, -0.1) is 12.4 Å². The summed E-state index contributed by atoms with van der Waals surface area (Å²) in [5, 5.41) is 20.0. The Kier molecular flexibility index (Phi) is 6.02. The second kappa shape index (κ2) is 6.33. The van der Waals surface area contributed by atoms with Gasteiger partial charge in [0.1, 0.15) is 5.02 Å². The minimum atomic E-state index is -0.554. The number of nitro groups is 1. The molecule has 7 heteroatoms. The van der Waals surface area contributed by atoms with Crippen LogP contribution in [0.1, 0.15) is 25.5 Å². The van der Waals surface area contributed by atoms with Crippen molar-refractivity contribution in [3.05, 3.63) is 38.9 Å². The number of rotatable bonds is 4. The maximum Gasteiger partial charge on any atom is 0.288 e. The van der Waals surface area contributed by atoms with Crippen LogP contribution in [0.4, 0.5) is 5.69 Å². The average molecular weight is 295 g/mol. The minimum Gasteiger partial charge on any atom is -0.396 e. The summed E-state index contributed by atoms with van der Waals surface area (Å²) in [6.07, 6.45) is 0. The highest BCUT2D eigenvalue weighted by atomic mass is 35.5. The summed E-state index contributed by atoms with van der Waals surface area (Å²) in [5.74, 6) is 0. The molecule has 0 bridgehead atoms. The maximum absolute atomic E-state index is 10.7. The van der Waals surface area contributed by atoms with Gasteiger partial charge in [0.2, 0.25) is 0 Å². The lowest BCUT2D eigenvalue weighted by molar-refractivity contribution is -0.384. The highest BCUT2D eigenvalue weighted by Gasteiger charge is 2.28. The van der Waals surface area contributed by atoms with Gasteiger partial charge >= 0.3 is 0 Å². The number of hydrogen-bond acceptors (Lipinski definition) is 4. The van der Waals surface area contributed by atoms with Crippen molar-refractivity contribution in [3.8, 4) is 0 Å². The number of nitrogens with zero attached hydrogens (tertiary/aromatic N) is 1. The van der Waals surface area contributed by atoms with E-state index in [4.69, 9.17) is 17.3 Å². The molecule has 0 aliphatic rings. The fourth-order valence-electron chi connectivity index (χ4n) is 1.41. The molecule has 0 radical (unpaired) electrons. The third-order valence-corrected chi connectivity index (χ3v) is 3.10. The number of nitro benzene ring substituents is 1. The molecule has 0 aliphatic heterocycles. The second-order valence-electron chi connectivity index (χ2n) is 4.59. The fraction of sp³-hybridized carbons (Fsp3) is 0.455. The number of aliphatic hydroxyl groups is 1. The summed E-state index contributed by atoms with van der Waals surface area (Å²) < 4.78 is 0. The summed E-state index contributed by atoms with van der Waals surface area (Å²) in [7, 11) is 0. The van der Waals surface area contributed by atoms with E-state index in [-0.39, 0.29) is 29.7 Å². The normalized spacial score (nSPS) is 12.7. The van der Waals surface area contributed by atoms with Crippen LogP contribution >= 0.6 is 24.0 Å². The van der Waals surface area contributed by atoms with Crippen LogP contribution < -0.4 is 5.73 Å². The Hall–Kier alpha value is -0.880. The van der Waals surface area contributed by atoms with Crippen LogP contribution in [0.5, 0.6) is 0 Å². The highest BCUT2D eigenvalue weighted by molar-refractivity contribution is 6.32. The van der Waals surface area contributed by atoms with Gasteiger partial charge in [0, 0.05) is 24.1 Å². The molecule has 5 nitrogen and oxygen atoms in total. The number of nitrogens with two attached hydrogens (primary N) is 1. The Bertz CT molecular complexity index is 438. The molecular formula is C11H16Cl2N2O3. The van der Waals surface area contributed by atoms with Crippen molar-refractivity contribution in [3.63, 3.8) is 0 Å². The van der Waals surface area contributed by atoms with Crippen molar-refractivity contribution in [2.45, 2.75) is 19.9 Å². The summed E-state index contributed by atoms with van der Waals surface area (Å²) >= 11 is 5.71. The van der Waals surface area contributed by atoms with E-state index in [0.29, 0.717) is 5.56 Å². The molecular weight excluding hydrogens is 279 g/mol. The Morgan fingerprint density at radius 1 is 1.56 bits per heavy atom. The first-order valence-electron chi connectivity index (χ1n) is 5.10. The molecule has 0 aromatic heterocycles. The molecule has 0 saturated heterocycles. The number of hydrogen-bond donors (Lipinski definition) is 2. The summed E-state index contributed by atoms with van der Waals surface area (Å²) in [6.45, 7) is 3.47. The van der Waals surface area contributed by atoms with Crippen molar-refractivity contribution in [1.82, 2.24) is 0 Å². The van der Waals surface area contributed by atoms with E-state index in [1.54, 1.807) is 19.9 Å². The molecule has 0 amide bonds. The first-order chi connectivity index (χ1) is 7.79. The minimum absolute atomic E-state index is 0. The van der Waals surface area contributed by atoms with E-state index in [1.165, 1.54) is 12.1 Å². The van der Waals surface area contributed by atoms with Crippen LogP contribution in [0.25, 0.3) is 0 Å². The van der Waals surface area contributed by atoms with Gasteiger partial charge in [0.15, 0.2) is 0 Å². The summed E-state index contributed by atoms with van der Waals surface area (Å²) in [5.41, 5.74) is 5.83. The molecule has 3 N–H and O–H groups in total. The van der Waals surface area contributed by atoms with Gasteiger partial charge < -0.3 is 10.8 Å². The molecule has 0 saturated carbocycles. The summed E-state index contributed by atoms with van der Waals surface area (Å²) in [4.78, 5) is 10.2. The smallest absolute Gasteiger partial charge is 0.288 e. The molecule has 0 unspecified atom stereocenters. The van der Waals surface area contributed by atoms with Gasteiger partial charge in [-0.25, -0.2) is 0 Å². The molecule has 0 aliphatic carbocycles. The van der Waals surface area contributed by atoms with Gasteiger partial charge in [-0.3, -0.25) is 10.1 Å². The molecule has 1 atom stereocenters. The van der Waals surface area contributed by atoms with Crippen LogP contribution in [0.2, 0.25) is 5.02 Å². The van der Waals surface area contributed by atoms with Crippen LogP contribution in [-0.4, -0.2) is 16.6 Å². The predicted octanol–water partition coefficient (Wildman–Crippen LogP) is 2.69. The first-order valence-corrected chi connectivity index (χ1v) is 5.47. The third kappa shape index (κ3) is 3.55. The highest BCUT2D eigenvalue weighted by Crippen LogP contribution is 2.34. The molecule has 0 spiro atoms. The van der Waals surface area contributed by atoms with Crippen LogP contribution in [0, 0.1) is 15.5 Å². The van der Waals surface area contributed by atoms with Crippen molar-refractivity contribution in [2.24, 2.45) is 11.1 Å². The second-order valence-corrected chi connectivity index (χ2v) is 5.00. The maximum atomic E-state index is 10.7. The largest absolute Gasteiger partial charge is 0.396 e. The molecule has 18 heavy (non-hydrogen) atoms. The van der Waals surface area contributed by atoms with E-state index in [0.717, 1.165) is 0 Å². The standard InChI is InChI=1S/C11H15ClN2O3.ClH/c1-11(2,6-15)10(13)7-3-4-8(12)9(5-7)14(16)17;/h3-5,10,15H,6,13H2,1-2H3;1H/t10-;/m1./s1. The van der Waals surface area contributed by atoms with Crippen molar-refractivity contribution in [1.29, 1.82) is 0 Å². The monoisotopic (exact) mass is 294 g/mol. The van der Waals surface area contributed by atoms with Gasteiger partial charge in [-0.05, 0) is 11.6 Å². The van der Waals surface area contributed by atoms with Gasteiger partial charge in [-0.1, -0.05) is 31.5 Å². The van der Waals surface area contributed by atoms with Crippen molar-refractivity contribution < 1.29 is 10.0 Å². The van der Waals surface area contributed by atoms with Gasteiger partial charge in [0.25, 0.3) is 5.69 Å². The van der Waals surface area contributed by atoms with Crippen LogP contribution in [-0.2, 0) is 0 Å². The van der Waals surface area contributed by atoms with Crippen molar-refractivity contribution in [2.75, 3.05) is 6.61 Å². The fourth-order valence-corrected chi connectivity index (χ4v) is 1.60. The molecule has 1 aromatic rings. The lowest BCUT2D eigenvalue weighted by Gasteiger charge is -2.29. The van der Waals surface area contributed by atoms with Crippen molar-refractivity contribution >= 4 is 29.7 Å². The van der Waals surface area contributed by atoms with Gasteiger partial charge in [0.05, 0.1) is 4.92 Å². The molecule has 0 fully saturated rings. The number of halogens is 2. The van der Waals surface area contributed by atoms with E-state index in [1.807, 2.05) is 0 Å². The summed E-state index contributed by atoms with van der Waals surface area (Å²) in [6, 6.07) is 3.94. The molecule has 0 heterocycles. The Labute approximate surface area is 116 Å². The van der Waals surface area contributed by atoms with Gasteiger partial charge in [-0.2, -0.15) is 0 Å². The number of aliphatic hydroxyl groups excluding tert-OH is 1. The molecule has 102 valence electrons. The van der Waals surface area contributed by atoms with Crippen LogP contribution in [0.3, 0.4) is 0 Å². The lowest BCUT2D eigenvalue weighted by atomic mass is 9.82. The van der Waals surface area contributed by atoms with E-state index >= 15 is 0 Å². The average Bonchev–Trinajstić information content (AvgIpc) is 2.28. The topological polar surface area (TPSA) is 89.4 Å². The first kappa shape index (κ1) is 17.1. The third-order valence-electron chi connectivity index (χ3n) is 2.78. The van der Waals surface area contributed by atoms with E-state index in [2.05, 4.69) is 0 Å². The Morgan fingerprint density at radius 2 is 2.11 bits per heavy atom. The zero-order valence-corrected chi connectivity index (χ0v) is 11.7. The predicted molar refractivity (Wildman–Crippen MR) is 73.1 cm³/mol. The quantitative estimate of drug-likeness (QED) is 0.660. The zero-order chi connectivity index (χ0) is 13.2. The zero-order valence-electron chi connectivity index (χ0n) is 10.1. The van der Waals surface area contributed by atoms with E-state index < -0.39 is 16.4 Å². The Balaban J connectivity index is 0.00000289. The Morgan fingerprint density at radius 3 is 2.56 bits per heavy atom. The lowest BCUT2D eigenvalue weighted by Crippen LogP contribution is -2.32. The van der Waals surface area contributed by atoms with E-state index in [9.17, 15) is 15.2 Å². The number of benzene rings is 1. The SMILES string of the molecule is CC(C)(CO)[C@H](N)c1ccc(Cl)c([N+](=O)[O-])c1.Cl. The molecule has 1 rings (SSSR count).